The van der Waals surface area contributed by atoms with Gasteiger partial charge in [0.25, 0.3) is 0 Å². The van der Waals surface area contributed by atoms with Crippen molar-refractivity contribution in [3.05, 3.63) is 94.7 Å². The van der Waals surface area contributed by atoms with E-state index in [1.54, 1.807) is 0 Å². The van der Waals surface area contributed by atoms with Crippen LogP contribution < -0.4 is 15.8 Å². The van der Waals surface area contributed by atoms with E-state index in [2.05, 4.69) is 53.9 Å². The molecule has 0 saturated heterocycles. The maximum absolute atomic E-state index is 12.9. The maximum Gasteiger partial charge on any atom is 0.139 e. The van der Waals surface area contributed by atoms with E-state index < -0.39 is 0 Å². The Morgan fingerprint density at radius 1 is 0.824 bits per heavy atom. The van der Waals surface area contributed by atoms with Gasteiger partial charge in [-0.25, -0.2) is 0 Å². The summed E-state index contributed by atoms with van der Waals surface area (Å²) in [5, 5.41) is 5.62. The number of carbonyl (C=O) groups is 1. The molecule has 0 amide bonds. The smallest absolute Gasteiger partial charge is 0.139 e. The normalized spacial score (nSPS) is 19.8. The van der Waals surface area contributed by atoms with Gasteiger partial charge in [0.2, 0.25) is 0 Å². The lowest BCUT2D eigenvalue weighted by atomic mass is 9.82. The summed E-state index contributed by atoms with van der Waals surface area (Å²) in [6.45, 7) is 0. The van der Waals surface area contributed by atoms with Crippen molar-refractivity contribution in [2.45, 2.75) is 57.8 Å². The van der Waals surface area contributed by atoms with Crippen molar-refractivity contribution in [3.8, 4) is 11.1 Å². The topological polar surface area (TPSA) is 29.1 Å². The molecule has 0 spiro atoms. The van der Waals surface area contributed by atoms with Crippen LogP contribution >= 0.6 is 0 Å². The molecular formula is C32H35NO. The summed E-state index contributed by atoms with van der Waals surface area (Å²) in [4.78, 5) is 12.9. The highest BCUT2D eigenvalue weighted by molar-refractivity contribution is 5.87. The van der Waals surface area contributed by atoms with Gasteiger partial charge in [-0.05, 0) is 76.4 Å². The molecule has 2 aromatic carbocycles. The molecule has 174 valence electrons. The number of fused-ring (bicyclic) bond motifs is 5. The molecule has 1 aliphatic heterocycles. The van der Waals surface area contributed by atoms with Crippen molar-refractivity contribution in [3.63, 3.8) is 0 Å². The van der Waals surface area contributed by atoms with Crippen LogP contribution in [-0.2, 0) is 17.6 Å². The van der Waals surface area contributed by atoms with Crippen LogP contribution in [-0.4, -0.2) is 5.78 Å². The van der Waals surface area contributed by atoms with Crippen molar-refractivity contribution >= 4 is 17.9 Å². The van der Waals surface area contributed by atoms with Gasteiger partial charge in [-0.15, -0.1) is 0 Å². The van der Waals surface area contributed by atoms with Crippen LogP contribution in [0.5, 0.6) is 0 Å². The lowest BCUT2D eigenvalue weighted by Gasteiger charge is -2.21. The summed E-state index contributed by atoms with van der Waals surface area (Å²) >= 11 is 0. The Hall–Kier alpha value is -3.13. The second-order valence-electron chi connectivity index (χ2n) is 9.90. The minimum absolute atomic E-state index is 0.121. The molecule has 1 heterocycles. The maximum atomic E-state index is 12.9. The highest BCUT2D eigenvalue weighted by Crippen LogP contribution is 2.30. The van der Waals surface area contributed by atoms with Crippen molar-refractivity contribution < 1.29 is 4.79 Å². The molecule has 0 aromatic heterocycles. The van der Waals surface area contributed by atoms with Crippen molar-refractivity contribution in [1.82, 2.24) is 5.32 Å². The van der Waals surface area contributed by atoms with E-state index in [1.165, 1.54) is 58.4 Å². The van der Waals surface area contributed by atoms with Gasteiger partial charge in [0.15, 0.2) is 0 Å². The molecule has 1 saturated carbocycles. The second kappa shape index (κ2) is 10.9. The number of allylic oxidation sites excluding steroid dienone is 4. The van der Waals surface area contributed by atoms with Crippen LogP contribution in [0.15, 0.2) is 73.1 Å². The van der Waals surface area contributed by atoms with E-state index in [9.17, 15) is 4.79 Å². The van der Waals surface area contributed by atoms with E-state index in [0.717, 1.165) is 38.0 Å². The molecule has 1 N–H and O–H groups in total. The van der Waals surface area contributed by atoms with Crippen LogP contribution in [0.2, 0.25) is 0 Å². The minimum Gasteiger partial charge on any atom is -0.368 e. The Bertz CT molecular complexity index is 1230. The zero-order chi connectivity index (χ0) is 23.2. The first kappa shape index (κ1) is 22.7. The van der Waals surface area contributed by atoms with E-state index in [4.69, 9.17) is 0 Å². The summed E-state index contributed by atoms with van der Waals surface area (Å²) in [5.41, 5.74) is 5.53. The quantitative estimate of drug-likeness (QED) is 0.644. The second-order valence-corrected chi connectivity index (χ2v) is 9.90. The largest absolute Gasteiger partial charge is 0.368 e. The highest BCUT2D eigenvalue weighted by Gasteiger charge is 2.23. The average Bonchev–Trinajstić information content (AvgIpc) is 3.24. The molecule has 6 rings (SSSR count). The standard InChI is InChI=1S/C26H28O.C6H7N/c27-26(16-9-18-5-1-2-6-18)21-11-10-20-13-14-23-22-8-4-3-7-19(22)12-15-24(23)25(20)17-21;1-2-4-6-7-5-3-1/h3-4,7-8,13-15,17-18,21H,1-2,5-6,9-12,16H2;1-7H. The predicted molar refractivity (Wildman–Crippen MR) is 142 cm³/mol. The van der Waals surface area contributed by atoms with E-state index in [1.807, 2.05) is 36.7 Å². The molecular weight excluding hydrogens is 414 g/mol. The zero-order valence-corrected chi connectivity index (χ0v) is 20.0. The fourth-order valence-corrected chi connectivity index (χ4v) is 5.81. The summed E-state index contributed by atoms with van der Waals surface area (Å²) in [6.07, 6.45) is 26.6. The Morgan fingerprint density at radius 2 is 1.62 bits per heavy atom. The van der Waals surface area contributed by atoms with Gasteiger partial charge >= 0.3 is 0 Å². The van der Waals surface area contributed by atoms with E-state index in [-0.39, 0.29) is 5.92 Å². The SMILES string of the molecule is C1=CC=CNC=C1.O=C(CCC1CCCC1)C1C=c2c(ccc3c2=CCc2ccccc2-3)CC1. The molecule has 2 aromatic rings. The van der Waals surface area contributed by atoms with Gasteiger partial charge in [0.1, 0.15) is 5.78 Å². The van der Waals surface area contributed by atoms with Crippen LogP contribution in [0.25, 0.3) is 23.3 Å². The predicted octanol–water partition coefficient (Wildman–Crippen LogP) is 5.75. The van der Waals surface area contributed by atoms with Gasteiger partial charge in [-0.1, -0.05) is 86.4 Å². The van der Waals surface area contributed by atoms with Crippen LogP contribution in [0.3, 0.4) is 0 Å². The number of rotatable bonds is 4. The number of hydrogen-bond acceptors (Lipinski definition) is 2. The lowest BCUT2D eigenvalue weighted by molar-refractivity contribution is -0.121. The number of carbonyl (C=O) groups excluding carboxylic acids is 1. The monoisotopic (exact) mass is 449 g/mol. The minimum atomic E-state index is 0.121. The molecule has 1 unspecified atom stereocenters. The first-order chi connectivity index (χ1) is 16.8. The summed E-state index contributed by atoms with van der Waals surface area (Å²) in [6, 6.07) is 13.3. The number of aryl methyl sites for hydroxylation is 1. The molecule has 1 atom stereocenters. The molecule has 2 heteroatoms. The Balaban J connectivity index is 0.000000297. The molecule has 0 radical (unpaired) electrons. The average molecular weight is 450 g/mol. The number of Topliss-reactive ketones (excluding diaryl/α,β-unsaturated/α-hetero) is 1. The van der Waals surface area contributed by atoms with Crippen LogP contribution in [0, 0.1) is 11.8 Å². The van der Waals surface area contributed by atoms with Crippen LogP contribution in [0.1, 0.15) is 56.1 Å². The Labute approximate surface area is 203 Å². The molecule has 34 heavy (non-hydrogen) atoms. The fraction of sp³-hybridized carbons (Fsp3) is 0.344. The zero-order valence-electron chi connectivity index (χ0n) is 20.0. The number of benzene rings is 2. The third-order valence-corrected chi connectivity index (χ3v) is 7.71. The molecule has 0 bridgehead atoms. The Morgan fingerprint density at radius 3 is 2.44 bits per heavy atom. The molecule has 2 nitrogen and oxygen atoms in total. The lowest BCUT2D eigenvalue weighted by Crippen LogP contribution is -2.37. The van der Waals surface area contributed by atoms with E-state index >= 15 is 0 Å². The van der Waals surface area contributed by atoms with Crippen LogP contribution in [0.4, 0.5) is 0 Å². The Kier molecular flexibility index (Phi) is 7.24. The van der Waals surface area contributed by atoms with Gasteiger partial charge < -0.3 is 5.32 Å². The molecule has 1 fully saturated rings. The summed E-state index contributed by atoms with van der Waals surface area (Å²) < 4.78 is 0. The summed E-state index contributed by atoms with van der Waals surface area (Å²) in [5.74, 6) is 1.40. The number of nitrogens with one attached hydrogen (secondary N) is 1. The van der Waals surface area contributed by atoms with Gasteiger partial charge in [-0.3, -0.25) is 4.79 Å². The van der Waals surface area contributed by atoms with Crippen molar-refractivity contribution in [1.29, 1.82) is 0 Å². The third-order valence-electron chi connectivity index (χ3n) is 7.71. The molecule has 4 aliphatic rings. The van der Waals surface area contributed by atoms with E-state index in [0.29, 0.717) is 5.78 Å². The van der Waals surface area contributed by atoms with Crippen molar-refractivity contribution in [2.24, 2.45) is 11.8 Å². The number of hydrogen-bond donors (Lipinski definition) is 1. The highest BCUT2D eigenvalue weighted by atomic mass is 16.1. The van der Waals surface area contributed by atoms with Gasteiger partial charge in [0, 0.05) is 24.7 Å². The first-order valence-corrected chi connectivity index (χ1v) is 13.0. The number of ketones is 1. The first-order valence-electron chi connectivity index (χ1n) is 13.0. The fourth-order valence-electron chi connectivity index (χ4n) is 5.81. The van der Waals surface area contributed by atoms with Gasteiger partial charge in [0.05, 0.1) is 0 Å². The summed E-state index contributed by atoms with van der Waals surface area (Å²) in [7, 11) is 0. The van der Waals surface area contributed by atoms with Gasteiger partial charge in [-0.2, -0.15) is 0 Å². The molecule has 3 aliphatic carbocycles. The third kappa shape index (κ3) is 5.17. The van der Waals surface area contributed by atoms with Crippen molar-refractivity contribution in [2.75, 3.05) is 0 Å².